The standard InChI is InChI=1S/C22H23N3/c1-15-11-20(24)12-17(16(15)2)7-9-21-10-8-19(14-25-21)22-6-4-3-5-18(22)13-23/h3-10,14-17,24H,11-12H2,1-2H3/b9-7+,24-20?/t15-,16+,17+/m0/s1. The lowest BCUT2D eigenvalue weighted by molar-refractivity contribution is 0.291. The monoisotopic (exact) mass is 329 g/mol. The third-order valence-corrected chi connectivity index (χ3v) is 5.28. The molecular weight excluding hydrogens is 306 g/mol. The topological polar surface area (TPSA) is 60.5 Å². The molecule has 126 valence electrons. The van der Waals surface area contributed by atoms with Crippen molar-refractivity contribution < 1.29 is 0 Å². The first-order valence-corrected chi connectivity index (χ1v) is 8.78. The summed E-state index contributed by atoms with van der Waals surface area (Å²) in [5.74, 6) is 1.57. The van der Waals surface area contributed by atoms with Gasteiger partial charge in [0.15, 0.2) is 0 Å². The van der Waals surface area contributed by atoms with Crippen LogP contribution in [0, 0.1) is 34.5 Å². The normalized spacial score (nSPS) is 23.6. The fourth-order valence-corrected chi connectivity index (χ4v) is 3.51. The number of hydrogen-bond donors (Lipinski definition) is 1. The molecule has 0 amide bonds. The third kappa shape index (κ3) is 3.85. The molecule has 1 aromatic heterocycles. The highest BCUT2D eigenvalue weighted by Crippen LogP contribution is 2.33. The van der Waals surface area contributed by atoms with E-state index >= 15 is 0 Å². The van der Waals surface area contributed by atoms with E-state index in [4.69, 9.17) is 5.41 Å². The summed E-state index contributed by atoms with van der Waals surface area (Å²) in [7, 11) is 0. The molecule has 3 atom stereocenters. The second kappa shape index (κ2) is 7.44. The maximum absolute atomic E-state index is 9.23. The van der Waals surface area contributed by atoms with Gasteiger partial charge in [-0.2, -0.15) is 5.26 Å². The van der Waals surface area contributed by atoms with E-state index in [1.807, 2.05) is 42.6 Å². The first kappa shape index (κ1) is 17.1. The molecule has 1 heterocycles. The Hall–Kier alpha value is -2.73. The van der Waals surface area contributed by atoms with E-state index < -0.39 is 0 Å². The first-order chi connectivity index (χ1) is 12.1. The molecule has 1 N–H and O–H groups in total. The van der Waals surface area contributed by atoms with E-state index in [2.05, 4.69) is 37.1 Å². The predicted molar refractivity (Wildman–Crippen MR) is 102 cm³/mol. The largest absolute Gasteiger partial charge is 0.310 e. The Balaban J connectivity index is 1.77. The van der Waals surface area contributed by atoms with Crippen LogP contribution in [0.3, 0.4) is 0 Å². The van der Waals surface area contributed by atoms with Crippen molar-refractivity contribution in [3.8, 4) is 17.2 Å². The molecule has 0 saturated heterocycles. The van der Waals surface area contributed by atoms with Crippen molar-refractivity contribution in [1.29, 1.82) is 10.7 Å². The van der Waals surface area contributed by atoms with Crippen LogP contribution in [-0.2, 0) is 0 Å². The van der Waals surface area contributed by atoms with Gasteiger partial charge in [0.1, 0.15) is 0 Å². The van der Waals surface area contributed by atoms with Gasteiger partial charge in [-0.1, -0.05) is 44.2 Å². The molecule has 0 radical (unpaired) electrons. The SMILES string of the molecule is C[C@H]1[C@H](/C=C/c2ccc(-c3ccccc3C#N)cn2)CC(=N)C[C@@H]1C. The molecule has 0 unspecified atom stereocenters. The molecule has 3 heteroatoms. The second-order valence-corrected chi connectivity index (χ2v) is 7.00. The summed E-state index contributed by atoms with van der Waals surface area (Å²) in [5.41, 5.74) is 4.30. The highest BCUT2D eigenvalue weighted by molar-refractivity contribution is 5.83. The summed E-state index contributed by atoms with van der Waals surface area (Å²) in [4.78, 5) is 4.53. The number of allylic oxidation sites excluding steroid dienone is 1. The molecule has 3 nitrogen and oxygen atoms in total. The highest BCUT2D eigenvalue weighted by Gasteiger charge is 2.27. The van der Waals surface area contributed by atoms with Crippen LogP contribution < -0.4 is 0 Å². The van der Waals surface area contributed by atoms with Crippen LogP contribution in [0.1, 0.15) is 37.9 Å². The molecular formula is C22H23N3. The smallest absolute Gasteiger partial charge is 0.0998 e. The zero-order valence-corrected chi connectivity index (χ0v) is 14.7. The van der Waals surface area contributed by atoms with Crippen molar-refractivity contribution in [3.63, 3.8) is 0 Å². The van der Waals surface area contributed by atoms with Gasteiger partial charge in [-0.3, -0.25) is 4.98 Å². The van der Waals surface area contributed by atoms with Gasteiger partial charge in [0.05, 0.1) is 17.3 Å². The van der Waals surface area contributed by atoms with Crippen molar-refractivity contribution in [1.82, 2.24) is 4.98 Å². The number of nitrogens with one attached hydrogen (secondary N) is 1. The lowest BCUT2D eigenvalue weighted by Crippen LogP contribution is -2.28. The molecule has 25 heavy (non-hydrogen) atoms. The van der Waals surface area contributed by atoms with E-state index in [1.54, 1.807) is 0 Å². The molecule has 0 aliphatic heterocycles. The van der Waals surface area contributed by atoms with Crippen molar-refractivity contribution in [2.75, 3.05) is 0 Å². The number of nitrogens with zero attached hydrogens (tertiary/aromatic N) is 2. The van der Waals surface area contributed by atoms with E-state index in [0.717, 1.165) is 35.4 Å². The Morgan fingerprint density at radius 1 is 1.16 bits per heavy atom. The molecule has 1 fully saturated rings. The first-order valence-electron chi connectivity index (χ1n) is 8.78. The van der Waals surface area contributed by atoms with Crippen molar-refractivity contribution in [2.45, 2.75) is 26.7 Å². The van der Waals surface area contributed by atoms with Crippen molar-refractivity contribution >= 4 is 11.8 Å². The summed E-state index contributed by atoms with van der Waals surface area (Å²) in [6.45, 7) is 4.51. The van der Waals surface area contributed by atoms with Crippen LogP contribution in [0.15, 0.2) is 48.7 Å². The predicted octanol–water partition coefficient (Wildman–Crippen LogP) is 5.34. The minimum atomic E-state index is 0.414. The van der Waals surface area contributed by atoms with Crippen LogP contribution in [0.2, 0.25) is 0 Å². The van der Waals surface area contributed by atoms with Crippen LogP contribution in [0.25, 0.3) is 17.2 Å². The third-order valence-electron chi connectivity index (χ3n) is 5.28. The maximum atomic E-state index is 9.23. The van der Waals surface area contributed by atoms with Gasteiger partial charge in [-0.15, -0.1) is 0 Å². The Morgan fingerprint density at radius 2 is 1.96 bits per heavy atom. The molecule has 2 aromatic rings. The Kier molecular flexibility index (Phi) is 5.09. The average molecular weight is 329 g/mol. The van der Waals surface area contributed by atoms with E-state index in [-0.39, 0.29) is 0 Å². The van der Waals surface area contributed by atoms with Gasteiger partial charge in [0, 0.05) is 23.0 Å². The van der Waals surface area contributed by atoms with Gasteiger partial charge >= 0.3 is 0 Å². The lowest BCUT2D eigenvalue weighted by Gasteiger charge is -2.32. The molecule has 1 aliphatic carbocycles. The van der Waals surface area contributed by atoms with Gasteiger partial charge in [-0.25, -0.2) is 0 Å². The zero-order chi connectivity index (χ0) is 17.8. The fraction of sp³-hybridized carbons (Fsp3) is 0.318. The van der Waals surface area contributed by atoms with Crippen LogP contribution in [-0.4, -0.2) is 10.7 Å². The van der Waals surface area contributed by atoms with Crippen LogP contribution in [0.5, 0.6) is 0 Å². The quantitative estimate of drug-likeness (QED) is 0.826. The van der Waals surface area contributed by atoms with Gasteiger partial charge < -0.3 is 5.41 Å². The molecule has 0 spiro atoms. The van der Waals surface area contributed by atoms with Crippen molar-refractivity contribution in [3.05, 3.63) is 59.9 Å². The zero-order valence-electron chi connectivity index (χ0n) is 14.7. The summed E-state index contributed by atoms with van der Waals surface area (Å²) < 4.78 is 0. The Morgan fingerprint density at radius 3 is 2.68 bits per heavy atom. The van der Waals surface area contributed by atoms with Gasteiger partial charge in [0.25, 0.3) is 0 Å². The number of rotatable bonds is 3. The van der Waals surface area contributed by atoms with Gasteiger partial charge in [-0.05, 0) is 48.8 Å². The number of benzene rings is 1. The number of hydrogen-bond acceptors (Lipinski definition) is 3. The van der Waals surface area contributed by atoms with Crippen LogP contribution in [0.4, 0.5) is 0 Å². The van der Waals surface area contributed by atoms with Crippen molar-refractivity contribution in [2.24, 2.45) is 17.8 Å². The maximum Gasteiger partial charge on any atom is 0.0998 e. The summed E-state index contributed by atoms with van der Waals surface area (Å²) in [5, 5.41) is 17.2. The summed E-state index contributed by atoms with van der Waals surface area (Å²) in [6.07, 6.45) is 7.88. The molecule has 1 aliphatic rings. The Labute approximate surface area is 149 Å². The minimum Gasteiger partial charge on any atom is -0.310 e. The van der Waals surface area contributed by atoms with Gasteiger partial charge in [0.2, 0.25) is 0 Å². The average Bonchev–Trinajstić information content (AvgIpc) is 2.64. The molecule has 0 bridgehead atoms. The van der Waals surface area contributed by atoms with E-state index in [9.17, 15) is 5.26 Å². The Bertz CT molecular complexity index is 827. The summed E-state index contributed by atoms with van der Waals surface area (Å²) in [6, 6.07) is 13.8. The second-order valence-electron chi connectivity index (χ2n) is 7.00. The van der Waals surface area contributed by atoms with E-state index in [0.29, 0.717) is 23.3 Å². The molecule has 1 aromatic carbocycles. The molecule has 3 rings (SSSR count). The summed E-state index contributed by atoms with van der Waals surface area (Å²) >= 11 is 0. The number of aromatic nitrogens is 1. The fourth-order valence-electron chi connectivity index (χ4n) is 3.51. The van der Waals surface area contributed by atoms with E-state index in [1.165, 1.54) is 0 Å². The number of nitriles is 1. The highest BCUT2D eigenvalue weighted by atomic mass is 14.7. The minimum absolute atomic E-state index is 0.414. The lowest BCUT2D eigenvalue weighted by atomic mass is 9.73. The number of pyridine rings is 1. The molecule has 1 saturated carbocycles. The van der Waals surface area contributed by atoms with Crippen LogP contribution >= 0.6 is 0 Å².